The molecule has 2 heteroatoms. The standard InChI is InChI=1S/C25H18BBr/c26-19-9-5-7-17(15-19)25(18-8-6-10-20(27)16-18)23-13-3-1-11-21(23)22-12-2-4-14-24(22)25/h1-16H,26H2. The highest BCUT2D eigenvalue weighted by Gasteiger charge is 2.45. The predicted molar refractivity (Wildman–Crippen MR) is 120 cm³/mol. The Morgan fingerprint density at radius 1 is 0.593 bits per heavy atom. The van der Waals surface area contributed by atoms with Gasteiger partial charge in [0, 0.05) is 4.47 Å². The molecule has 0 nitrogen and oxygen atoms in total. The van der Waals surface area contributed by atoms with Crippen molar-refractivity contribution in [2.45, 2.75) is 5.41 Å². The van der Waals surface area contributed by atoms with Gasteiger partial charge in [-0.25, -0.2) is 0 Å². The van der Waals surface area contributed by atoms with Crippen molar-refractivity contribution < 1.29 is 0 Å². The van der Waals surface area contributed by atoms with Crippen LogP contribution in [0.25, 0.3) is 11.1 Å². The third-order valence-electron chi connectivity index (χ3n) is 5.66. The minimum atomic E-state index is -0.303. The van der Waals surface area contributed by atoms with Gasteiger partial charge in [-0.3, -0.25) is 0 Å². The SMILES string of the molecule is Bc1cccc(C2(c3cccc(Br)c3)c3ccccc3-c3ccccc32)c1. The monoisotopic (exact) mass is 408 g/mol. The first-order valence-electron chi connectivity index (χ1n) is 9.24. The molecule has 0 atom stereocenters. The molecule has 0 saturated heterocycles. The van der Waals surface area contributed by atoms with E-state index in [0.717, 1.165) is 4.47 Å². The first kappa shape index (κ1) is 16.6. The number of fused-ring (bicyclic) bond motifs is 3. The highest BCUT2D eigenvalue weighted by Crippen LogP contribution is 2.55. The fraction of sp³-hybridized carbons (Fsp3) is 0.0400. The van der Waals surface area contributed by atoms with Crippen molar-refractivity contribution >= 4 is 29.2 Å². The fourth-order valence-corrected chi connectivity index (χ4v) is 5.02. The van der Waals surface area contributed by atoms with E-state index in [1.54, 1.807) is 0 Å². The van der Waals surface area contributed by atoms with Gasteiger partial charge in [-0.1, -0.05) is 106 Å². The summed E-state index contributed by atoms with van der Waals surface area (Å²) in [5.74, 6) is 0. The van der Waals surface area contributed by atoms with E-state index in [1.807, 2.05) is 0 Å². The molecule has 0 amide bonds. The first-order valence-corrected chi connectivity index (χ1v) is 10.0. The van der Waals surface area contributed by atoms with Gasteiger partial charge in [0.05, 0.1) is 5.41 Å². The molecule has 0 aromatic heterocycles. The zero-order valence-electron chi connectivity index (χ0n) is 15.1. The molecule has 1 aliphatic carbocycles. The van der Waals surface area contributed by atoms with Crippen molar-refractivity contribution in [2.75, 3.05) is 0 Å². The number of halogens is 1. The lowest BCUT2D eigenvalue weighted by Gasteiger charge is -2.34. The van der Waals surface area contributed by atoms with E-state index in [9.17, 15) is 0 Å². The Morgan fingerprint density at radius 2 is 1.15 bits per heavy atom. The number of rotatable bonds is 2. The van der Waals surface area contributed by atoms with Crippen LogP contribution in [0.4, 0.5) is 0 Å². The highest BCUT2D eigenvalue weighted by molar-refractivity contribution is 9.10. The molecule has 0 spiro atoms. The van der Waals surface area contributed by atoms with Gasteiger partial charge in [0.25, 0.3) is 0 Å². The largest absolute Gasteiger partial charge is 0.139 e. The Labute approximate surface area is 169 Å². The Kier molecular flexibility index (Phi) is 3.84. The van der Waals surface area contributed by atoms with Crippen molar-refractivity contribution in [3.8, 4) is 11.1 Å². The summed E-state index contributed by atoms with van der Waals surface area (Å²) < 4.78 is 1.11. The molecule has 0 saturated carbocycles. The van der Waals surface area contributed by atoms with Crippen LogP contribution in [-0.4, -0.2) is 7.85 Å². The van der Waals surface area contributed by atoms with Crippen LogP contribution in [0.2, 0.25) is 0 Å². The van der Waals surface area contributed by atoms with Crippen LogP contribution < -0.4 is 5.46 Å². The smallest absolute Gasteiger partial charge is 0.0886 e. The van der Waals surface area contributed by atoms with Crippen molar-refractivity contribution in [3.05, 3.63) is 124 Å². The van der Waals surface area contributed by atoms with Crippen LogP contribution in [0.15, 0.2) is 102 Å². The molecule has 0 aliphatic heterocycles. The molecule has 0 unspecified atom stereocenters. The van der Waals surface area contributed by atoms with Gasteiger partial charge >= 0.3 is 0 Å². The molecular weight excluding hydrogens is 391 g/mol. The summed E-state index contributed by atoms with van der Waals surface area (Å²) in [5.41, 5.74) is 8.96. The lowest BCUT2D eigenvalue weighted by atomic mass is 9.67. The molecule has 4 aromatic rings. The lowest BCUT2D eigenvalue weighted by Crippen LogP contribution is -2.29. The summed E-state index contributed by atoms with van der Waals surface area (Å²) in [7, 11) is 2.17. The Bertz CT molecular complexity index is 1070. The molecule has 1 aliphatic rings. The summed E-state index contributed by atoms with van der Waals surface area (Å²) in [6.45, 7) is 0. The van der Waals surface area contributed by atoms with Gasteiger partial charge in [-0.2, -0.15) is 0 Å². The van der Waals surface area contributed by atoms with E-state index < -0.39 is 0 Å². The molecule has 128 valence electrons. The van der Waals surface area contributed by atoms with Crippen LogP contribution in [0.5, 0.6) is 0 Å². The lowest BCUT2D eigenvalue weighted by molar-refractivity contribution is 0.768. The Morgan fingerprint density at radius 3 is 1.74 bits per heavy atom. The van der Waals surface area contributed by atoms with Gasteiger partial charge in [-0.15, -0.1) is 0 Å². The second kappa shape index (κ2) is 6.25. The topological polar surface area (TPSA) is 0 Å². The third-order valence-corrected chi connectivity index (χ3v) is 6.15. The minimum Gasteiger partial charge on any atom is -0.0886 e. The Balaban J connectivity index is 1.98. The van der Waals surface area contributed by atoms with E-state index in [4.69, 9.17) is 0 Å². The van der Waals surface area contributed by atoms with Crippen LogP contribution in [0.3, 0.4) is 0 Å². The second-order valence-corrected chi connectivity index (χ2v) is 8.14. The van der Waals surface area contributed by atoms with Crippen LogP contribution in [0, 0.1) is 0 Å². The summed E-state index contributed by atoms with van der Waals surface area (Å²) in [6.07, 6.45) is 0. The molecule has 5 rings (SSSR count). The molecule has 0 bridgehead atoms. The molecule has 0 fully saturated rings. The summed E-state index contributed by atoms with van der Waals surface area (Å²) in [5, 5.41) is 0. The zero-order chi connectivity index (χ0) is 18.4. The molecular formula is C25H18BBr. The highest BCUT2D eigenvalue weighted by atomic mass is 79.9. The van der Waals surface area contributed by atoms with Gasteiger partial charge in [-0.05, 0) is 45.5 Å². The fourth-order valence-electron chi connectivity index (χ4n) is 4.62. The number of benzene rings is 4. The van der Waals surface area contributed by atoms with Crippen LogP contribution >= 0.6 is 15.9 Å². The maximum absolute atomic E-state index is 3.70. The maximum Gasteiger partial charge on any atom is 0.139 e. The molecule has 0 radical (unpaired) electrons. The van der Waals surface area contributed by atoms with E-state index in [2.05, 4.69) is 121 Å². The normalized spacial score (nSPS) is 13.8. The van der Waals surface area contributed by atoms with Crippen LogP contribution in [-0.2, 0) is 5.41 Å². The molecule has 0 N–H and O–H groups in total. The van der Waals surface area contributed by atoms with Gasteiger partial charge < -0.3 is 0 Å². The summed E-state index contributed by atoms with van der Waals surface area (Å²) in [6, 6.07) is 35.4. The van der Waals surface area contributed by atoms with Crippen molar-refractivity contribution in [1.82, 2.24) is 0 Å². The van der Waals surface area contributed by atoms with Gasteiger partial charge in [0.15, 0.2) is 0 Å². The van der Waals surface area contributed by atoms with E-state index in [-0.39, 0.29) is 5.41 Å². The summed E-state index contributed by atoms with van der Waals surface area (Å²) in [4.78, 5) is 0. The van der Waals surface area contributed by atoms with Crippen molar-refractivity contribution in [1.29, 1.82) is 0 Å². The van der Waals surface area contributed by atoms with Crippen molar-refractivity contribution in [2.24, 2.45) is 0 Å². The van der Waals surface area contributed by atoms with E-state index in [0.29, 0.717) is 0 Å². The first-order chi connectivity index (χ1) is 13.2. The maximum atomic E-state index is 3.70. The average molecular weight is 409 g/mol. The third kappa shape index (κ3) is 2.37. The van der Waals surface area contributed by atoms with E-state index in [1.165, 1.54) is 38.8 Å². The number of hydrogen-bond acceptors (Lipinski definition) is 0. The zero-order valence-corrected chi connectivity index (χ0v) is 16.7. The van der Waals surface area contributed by atoms with Gasteiger partial charge in [0.1, 0.15) is 7.85 Å². The molecule has 27 heavy (non-hydrogen) atoms. The van der Waals surface area contributed by atoms with Crippen LogP contribution in [0.1, 0.15) is 22.3 Å². The second-order valence-electron chi connectivity index (χ2n) is 7.22. The Hall–Kier alpha value is -2.58. The van der Waals surface area contributed by atoms with Crippen molar-refractivity contribution in [3.63, 3.8) is 0 Å². The summed E-state index contributed by atoms with van der Waals surface area (Å²) >= 11 is 3.70. The molecule has 4 aromatic carbocycles. The van der Waals surface area contributed by atoms with E-state index >= 15 is 0 Å². The van der Waals surface area contributed by atoms with Gasteiger partial charge in [0.2, 0.25) is 0 Å². The molecule has 0 heterocycles. The predicted octanol–water partition coefficient (Wildman–Crippen LogP) is 5.07. The minimum absolute atomic E-state index is 0.303. The number of hydrogen-bond donors (Lipinski definition) is 0. The average Bonchev–Trinajstić information content (AvgIpc) is 3.00. The quantitative estimate of drug-likeness (QED) is 0.357.